The molecule has 3 aromatic heterocycles. The quantitative estimate of drug-likeness (QED) is 0.281. The minimum atomic E-state index is 0.867. The van der Waals surface area contributed by atoms with Gasteiger partial charge >= 0.3 is 28.2 Å². The first-order valence-corrected chi connectivity index (χ1v) is 11.2. The van der Waals surface area contributed by atoms with Crippen molar-refractivity contribution in [3.05, 3.63) is 85.1 Å². The van der Waals surface area contributed by atoms with Crippen LogP contribution in [0, 0.1) is 0 Å². The molecule has 0 amide bonds. The summed E-state index contributed by atoms with van der Waals surface area (Å²) in [6, 6.07) is 26.4. The third-order valence-corrected chi connectivity index (χ3v) is 4.41. The summed E-state index contributed by atoms with van der Waals surface area (Å²) in [6.45, 7) is 0. The predicted molar refractivity (Wildman–Crippen MR) is 107 cm³/mol. The van der Waals surface area contributed by atoms with Crippen LogP contribution in [0.5, 0.6) is 0 Å². The Morgan fingerprint density at radius 3 is 2.22 bits per heavy atom. The second kappa shape index (κ2) is 8.04. The van der Waals surface area contributed by atoms with E-state index in [-0.39, 0.29) is 0 Å². The van der Waals surface area contributed by atoms with E-state index in [4.69, 9.17) is 9.97 Å². The zero-order valence-electron chi connectivity index (χ0n) is 14.1. The number of nitrogens with zero attached hydrogens (tertiary/aromatic N) is 3. The maximum atomic E-state index is 4.84. The Balaban J connectivity index is 0.000000872. The minimum Gasteiger partial charge on any atom is -0.656 e. The van der Waals surface area contributed by atoms with Crippen LogP contribution in [-0.2, 0) is 18.8 Å². The van der Waals surface area contributed by atoms with Gasteiger partial charge in [0.05, 0.1) is 17.1 Å². The maximum Gasteiger partial charge on any atom is 0.0893 e. The van der Waals surface area contributed by atoms with Gasteiger partial charge in [0.25, 0.3) is 0 Å². The molecule has 0 radical (unpaired) electrons. The fraction of sp³-hybridized carbons (Fsp3) is 0. The molecule has 0 spiro atoms. The third-order valence-electron chi connectivity index (χ3n) is 4.41. The van der Waals surface area contributed by atoms with Crippen LogP contribution >= 0.6 is 9.42 Å². The van der Waals surface area contributed by atoms with Crippen LogP contribution in [0.3, 0.4) is 0 Å². The van der Waals surface area contributed by atoms with Crippen LogP contribution in [-0.4, -0.2) is 9.97 Å². The van der Waals surface area contributed by atoms with Crippen LogP contribution in [0.2, 0.25) is 0 Å². The van der Waals surface area contributed by atoms with Gasteiger partial charge in [-0.2, -0.15) is 0 Å². The third kappa shape index (κ3) is 3.41. The fourth-order valence-electron chi connectivity index (χ4n) is 3.25. The summed E-state index contributed by atoms with van der Waals surface area (Å²) in [6.07, 6.45) is 1.79. The number of benzene rings is 2. The van der Waals surface area contributed by atoms with Gasteiger partial charge in [0.1, 0.15) is 0 Å². The van der Waals surface area contributed by atoms with Crippen molar-refractivity contribution in [3.63, 3.8) is 0 Å². The molecule has 0 aliphatic carbocycles. The van der Waals surface area contributed by atoms with Crippen molar-refractivity contribution in [2.24, 2.45) is 0 Å². The van der Waals surface area contributed by atoms with Gasteiger partial charge in [-0.15, -0.1) is 11.0 Å². The Labute approximate surface area is 172 Å². The Morgan fingerprint density at radius 2 is 1.37 bits per heavy atom. The SMILES string of the molecule is [Cl][Pt+].c1ccc(-c2cccc(-c3cccc4c3[n-]c3ccccc34)n2)nc1. The minimum absolute atomic E-state index is 0.867. The molecule has 5 heteroatoms. The van der Waals surface area contributed by atoms with Crippen molar-refractivity contribution >= 4 is 31.2 Å². The summed E-state index contributed by atoms with van der Waals surface area (Å²) >= 11 is 1.61. The van der Waals surface area contributed by atoms with Crippen LogP contribution in [0.15, 0.2) is 85.1 Å². The van der Waals surface area contributed by atoms with Crippen LogP contribution in [0.1, 0.15) is 0 Å². The van der Waals surface area contributed by atoms with E-state index in [0.717, 1.165) is 39.1 Å². The Morgan fingerprint density at radius 1 is 0.667 bits per heavy atom. The second-order valence-electron chi connectivity index (χ2n) is 5.95. The van der Waals surface area contributed by atoms with E-state index in [1.54, 1.807) is 25.0 Å². The molecule has 5 aromatic rings. The molecular weight excluding hydrogens is 537 g/mol. The van der Waals surface area contributed by atoms with Crippen molar-refractivity contribution < 1.29 is 18.8 Å². The molecule has 0 saturated heterocycles. The molecule has 5 rings (SSSR count). The molecule has 2 aromatic carbocycles. The van der Waals surface area contributed by atoms with Crippen molar-refractivity contribution in [2.75, 3.05) is 0 Å². The standard InChI is InChI=1S/C22H14N3.ClH.Pt/c1-2-10-18-15(7-1)16-8-5-9-17(22(16)25-18)19-12-6-13-21(24-19)20-11-3-4-14-23-20;;/h1-14H;1H;/q-1;;+2/p-1. The number of pyridine rings is 2. The molecule has 0 N–H and O–H groups in total. The first-order chi connectivity index (χ1) is 13.4. The van der Waals surface area contributed by atoms with E-state index in [0.29, 0.717) is 0 Å². The van der Waals surface area contributed by atoms with E-state index in [9.17, 15) is 0 Å². The molecule has 0 saturated carbocycles. The van der Waals surface area contributed by atoms with Gasteiger partial charge in [0.15, 0.2) is 0 Å². The Bertz CT molecular complexity index is 1200. The first-order valence-electron chi connectivity index (χ1n) is 8.35. The topological polar surface area (TPSA) is 39.9 Å². The fourth-order valence-corrected chi connectivity index (χ4v) is 3.25. The summed E-state index contributed by atoms with van der Waals surface area (Å²) in [4.78, 5) is 14.1. The summed E-state index contributed by atoms with van der Waals surface area (Å²) in [5.74, 6) is 0. The van der Waals surface area contributed by atoms with Crippen molar-refractivity contribution in [2.45, 2.75) is 0 Å². The second-order valence-corrected chi connectivity index (χ2v) is 5.95. The van der Waals surface area contributed by atoms with E-state index in [1.165, 1.54) is 5.39 Å². The van der Waals surface area contributed by atoms with Crippen molar-refractivity contribution in [1.29, 1.82) is 0 Å². The zero-order valence-corrected chi connectivity index (χ0v) is 17.1. The normalized spacial score (nSPS) is 10.6. The van der Waals surface area contributed by atoms with Gasteiger partial charge in [-0.3, -0.25) is 4.98 Å². The van der Waals surface area contributed by atoms with E-state index < -0.39 is 0 Å². The molecule has 27 heavy (non-hydrogen) atoms. The van der Waals surface area contributed by atoms with E-state index in [1.807, 2.05) is 42.5 Å². The zero-order chi connectivity index (χ0) is 18.6. The number of para-hydroxylation sites is 2. The van der Waals surface area contributed by atoms with Crippen LogP contribution in [0.4, 0.5) is 0 Å². The number of fused-ring (bicyclic) bond motifs is 3. The number of hydrogen-bond donors (Lipinski definition) is 0. The molecule has 134 valence electrons. The molecule has 0 bridgehead atoms. The predicted octanol–water partition coefficient (Wildman–Crippen LogP) is 5.76. The van der Waals surface area contributed by atoms with Crippen molar-refractivity contribution in [3.8, 4) is 22.6 Å². The summed E-state index contributed by atoms with van der Waals surface area (Å²) < 4.78 is 0. The van der Waals surface area contributed by atoms with Gasteiger partial charge in [-0.25, -0.2) is 4.98 Å². The first kappa shape index (κ1) is 17.9. The van der Waals surface area contributed by atoms with Gasteiger partial charge in [-0.05, 0) is 40.6 Å². The molecule has 0 atom stereocenters. The van der Waals surface area contributed by atoms with Gasteiger partial charge in [0, 0.05) is 6.20 Å². The van der Waals surface area contributed by atoms with Crippen molar-refractivity contribution in [1.82, 2.24) is 15.0 Å². The molecule has 0 aliphatic rings. The smallest absolute Gasteiger partial charge is 0.0893 e. The number of rotatable bonds is 2. The number of halogens is 1. The molecule has 3 heterocycles. The molecule has 0 unspecified atom stereocenters. The maximum absolute atomic E-state index is 4.84. The largest absolute Gasteiger partial charge is 0.656 e. The van der Waals surface area contributed by atoms with Crippen LogP contribution < -0.4 is 4.98 Å². The summed E-state index contributed by atoms with van der Waals surface area (Å²) in [7, 11) is 4.61. The Kier molecular flexibility index (Phi) is 5.33. The molecule has 0 fully saturated rings. The number of aromatic nitrogens is 3. The van der Waals surface area contributed by atoms with Gasteiger partial charge < -0.3 is 4.98 Å². The van der Waals surface area contributed by atoms with E-state index in [2.05, 4.69) is 50.8 Å². The number of hydrogen-bond acceptors (Lipinski definition) is 2. The molecular formula is C22H14ClN3Pt. The van der Waals surface area contributed by atoms with Crippen LogP contribution in [0.25, 0.3) is 44.5 Å². The Hall–Kier alpha value is -2.48. The summed E-state index contributed by atoms with van der Waals surface area (Å²) in [5.41, 5.74) is 5.71. The average molecular weight is 551 g/mol. The van der Waals surface area contributed by atoms with Gasteiger partial charge in [-0.1, -0.05) is 54.6 Å². The van der Waals surface area contributed by atoms with Gasteiger partial charge in [0.2, 0.25) is 0 Å². The molecule has 3 nitrogen and oxygen atoms in total. The summed E-state index contributed by atoms with van der Waals surface area (Å²) in [5, 5.41) is 2.35. The molecule has 0 aliphatic heterocycles. The monoisotopic (exact) mass is 550 g/mol. The average Bonchev–Trinajstić information content (AvgIpc) is 3.15. The van der Waals surface area contributed by atoms with E-state index >= 15 is 0 Å².